The number of esters is 1. The zero-order valence-electron chi connectivity index (χ0n) is 10.8. The van der Waals surface area contributed by atoms with Gasteiger partial charge in [0.05, 0.1) is 6.26 Å². The van der Waals surface area contributed by atoms with Crippen LogP contribution in [-0.2, 0) is 26.2 Å². The van der Waals surface area contributed by atoms with Crippen LogP contribution in [0, 0.1) is 0 Å². The van der Waals surface area contributed by atoms with Crippen molar-refractivity contribution in [2.24, 2.45) is 0 Å². The fourth-order valence-electron chi connectivity index (χ4n) is 2.20. The first-order valence-corrected chi connectivity index (χ1v) is 8.00. The standard InChI is InChI=1S/C13H17NO4S/c1-19(16,17)14-9-5-8-12(14)13(15)18-10-11-6-3-2-4-7-11/h2-4,6-7,12H,5,8-10H2,1H3/t12-/m0/s1. The van der Waals surface area contributed by atoms with Crippen LogP contribution in [0.1, 0.15) is 18.4 Å². The Labute approximate surface area is 113 Å². The highest BCUT2D eigenvalue weighted by atomic mass is 32.2. The first-order valence-electron chi connectivity index (χ1n) is 6.16. The Bertz CT molecular complexity index is 541. The summed E-state index contributed by atoms with van der Waals surface area (Å²) in [5.74, 6) is -0.466. The summed E-state index contributed by atoms with van der Waals surface area (Å²) in [6.45, 7) is 0.567. The second-order valence-corrected chi connectivity index (χ2v) is 6.56. The van der Waals surface area contributed by atoms with Crippen molar-refractivity contribution in [3.8, 4) is 0 Å². The Hall–Kier alpha value is -1.40. The molecule has 0 N–H and O–H groups in total. The number of ether oxygens (including phenoxy) is 1. The van der Waals surface area contributed by atoms with Crippen molar-refractivity contribution in [2.45, 2.75) is 25.5 Å². The van der Waals surface area contributed by atoms with Crippen molar-refractivity contribution < 1.29 is 17.9 Å². The van der Waals surface area contributed by atoms with E-state index in [1.165, 1.54) is 4.31 Å². The number of hydrogen-bond acceptors (Lipinski definition) is 4. The van der Waals surface area contributed by atoms with Gasteiger partial charge in [-0.15, -0.1) is 0 Å². The molecule has 0 amide bonds. The summed E-state index contributed by atoms with van der Waals surface area (Å²) >= 11 is 0. The molecule has 0 spiro atoms. The van der Waals surface area contributed by atoms with Crippen LogP contribution in [0.2, 0.25) is 0 Å². The predicted molar refractivity (Wildman–Crippen MR) is 70.8 cm³/mol. The molecule has 1 aromatic carbocycles. The molecule has 0 saturated carbocycles. The van der Waals surface area contributed by atoms with Crippen molar-refractivity contribution >= 4 is 16.0 Å². The lowest BCUT2D eigenvalue weighted by Gasteiger charge is -2.20. The molecule has 6 heteroatoms. The van der Waals surface area contributed by atoms with Crippen LogP contribution < -0.4 is 0 Å². The molecule has 1 aliphatic rings. The molecule has 104 valence electrons. The summed E-state index contributed by atoms with van der Waals surface area (Å²) in [6, 6.07) is 8.65. The highest BCUT2D eigenvalue weighted by Crippen LogP contribution is 2.21. The Kier molecular flexibility index (Phi) is 4.21. The first kappa shape index (κ1) is 14.0. The van der Waals surface area contributed by atoms with E-state index in [-0.39, 0.29) is 6.61 Å². The number of sulfonamides is 1. The van der Waals surface area contributed by atoms with Crippen molar-refractivity contribution in [3.05, 3.63) is 35.9 Å². The number of hydrogen-bond donors (Lipinski definition) is 0. The second kappa shape index (κ2) is 5.71. The van der Waals surface area contributed by atoms with Crippen molar-refractivity contribution in [3.63, 3.8) is 0 Å². The number of nitrogens with zero attached hydrogens (tertiary/aromatic N) is 1. The average Bonchev–Trinajstić information content (AvgIpc) is 2.86. The SMILES string of the molecule is CS(=O)(=O)N1CCC[C@H]1C(=O)OCc1ccccc1. The molecule has 0 bridgehead atoms. The van der Waals surface area contributed by atoms with Gasteiger partial charge in [-0.2, -0.15) is 4.31 Å². The van der Waals surface area contributed by atoms with E-state index in [9.17, 15) is 13.2 Å². The van der Waals surface area contributed by atoms with Crippen LogP contribution in [0.25, 0.3) is 0 Å². The van der Waals surface area contributed by atoms with Crippen molar-refractivity contribution in [1.29, 1.82) is 0 Å². The van der Waals surface area contributed by atoms with Gasteiger partial charge in [0.15, 0.2) is 0 Å². The average molecular weight is 283 g/mol. The molecule has 1 saturated heterocycles. The van der Waals surface area contributed by atoms with E-state index < -0.39 is 22.0 Å². The number of carbonyl (C=O) groups is 1. The molecule has 1 fully saturated rings. The smallest absolute Gasteiger partial charge is 0.324 e. The van der Waals surface area contributed by atoms with E-state index in [0.29, 0.717) is 19.4 Å². The van der Waals surface area contributed by atoms with Crippen molar-refractivity contribution in [1.82, 2.24) is 4.31 Å². The van der Waals surface area contributed by atoms with Crippen LogP contribution in [-0.4, -0.2) is 37.5 Å². The molecule has 1 atom stereocenters. The van der Waals surface area contributed by atoms with Gasteiger partial charge in [0.2, 0.25) is 10.0 Å². The minimum Gasteiger partial charge on any atom is -0.460 e. The molecular weight excluding hydrogens is 266 g/mol. The summed E-state index contributed by atoms with van der Waals surface area (Å²) in [4.78, 5) is 11.9. The lowest BCUT2D eigenvalue weighted by atomic mass is 10.2. The Morgan fingerprint density at radius 1 is 1.37 bits per heavy atom. The van der Waals surface area contributed by atoms with E-state index >= 15 is 0 Å². The van der Waals surface area contributed by atoms with Gasteiger partial charge in [-0.3, -0.25) is 4.79 Å². The Balaban J connectivity index is 1.96. The number of benzene rings is 1. The molecule has 0 aromatic heterocycles. The van der Waals surface area contributed by atoms with Crippen molar-refractivity contribution in [2.75, 3.05) is 12.8 Å². The zero-order chi connectivity index (χ0) is 13.9. The topological polar surface area (TPSA) is 63.7 Å². The molecule has 0 aliphatic carbocycles. The van der Waals surface area contributed by atoms with Gasteiger partial charge in [0.1, 0.15) is 12.6 Å². The fraction of sp³-hybridized carbons (Fsp3) is 0.462. The molecule has 5 nitrogen and oxygen atoms in total. The van der Waals surface area contributed by atoms with Gasteiger partial charge >= 0.3 is 5.97 Å². The summed E-state index contributed by atoms with van der Waals surface area (Å²) in [5, 5.41) is 0. The van der Waals surface area contributed by atoms with Gasteiger partial charge in [0.25, 0.3) is 0 Å². The zero-order valence-corrected chi connectivity index (χ0v) is 11.6. The molecule has 1 aliphatic heterocycles. The van der Waals surface area contributed by atoms with Gasteiger partial charge < -0.3 is 4.74 Å². The quantitative estimate of drug-likeness (QED) is 0.778. The van der Waals surface area contributed by atoms with Crippen LogP contribution in [0.4, 0.5) is 0 Å². The maximum absolute atomic E-state index is 11.9. The summed E-state index contributed by atoms with van der Waals surface area (Å²) in [6.07, 6.45) is 2.34. The highest BCUT2D eigenvalue weighted by molar-refractivity contribution is 7.88. The number of carbonyl (C=O) groups excluding carboxylic acids is 1. The molecule has 19 heavy (non-hydrogen) atoms. The minimum atomic E-state index is -3.35. The molecule has 0 radical (unpaired) electrons. The Morgan fingerprint density at radius 2 is 2.05 bits per heavy atom. The van der Waals surface area contributed by atoms with E-state index in [1.54, 1.807) is 0 Å². The van der Waals surface area contributed by atoms with E-state index in [4.69, 9.17) is 4.74 Å². The maximum Gasteiger partial charge on any atom is 0.324 e. The maximum atomic E-state index is 11.9. The summed E-state index contributed by atoms with van der Waals surface area (Å²) < 4.78 is 29.5. The number of rotatable bonds is 4. The van der Waals surface area contributed by atoms with Crippen LogP contribution in [0.5, 0.6) is 0 Å². The fourth-order valence-corrected chi connectivity index (χ4v) is 3.31. The van der Waals surface area contributed by atoms with E-state index in [2.05, 4.69) is 0 Å². The van der Waals surface area contributed by atoms with Gasteiger partial charge in [0, 0.05) is 6.54 Å². The van der Waals surface area contributed by atoms with Gasteiger partial charge in [-0.05, 0) is 18.4 Å². The van der Waals surface area contributed by atoms with Crippen LogP contribution in [0.15, 0.2) is 30.3 Å². The summed E-state index contributed by atoms with van der Waals surface area (Å²) in [7, 11) is -3.35. The van der Waals surface area contributed by atoms with E-state index in [1.807, 2.05) is 30.3 Å². The lowest BCUT2D eigenvalue weighted by molar-refractivity contribution is -0.148. The van der Waals surface area contributed by atoms with Crippen LogP contribution >= 0.6 is 0 Å². The summed E-state index contributed by atoms with van der Waals surface area (Å²) in [5.41, 5.74) is 0.889. The third kappa shape index (κ3) is 3.54. The van der Waals surface area contributed by atoms with Crippen LogP contribution in [0.3, 0.4) is 0 Å². The molecule has 1 aromatic rings. The first-order chi connectivity index (χ1) is 8.98. The molecular formula is C13H17NO4S. The second-order valence-electron chi connectivity index (χ2n) is 4.63. The molecule has 0 unspecified atom stereocenters. The molecule has 2 rings (SSSR count). The largest absolute Gasteiger partial charge is 0.460 e. The minimum absolute atomic E-state index is 0.174. The third-order valence-corrected chi connectivity index (χ3v) is 4.41. The highest BCUT2D eigenvalue weighted by Gasteiger charge is 2.37. The van der Waals surface area contributed by atoms with Gasteiger partial charge in [-0.25, -0.2) is 8.42 Å². The Morgan fingerprint density at radius 3 is 2.68 bits per heavy atom. The van der Waals surface area contributed by atoms with Gasteiger partial charge in [-0.1, -0.05) is 30.3 Å². The molecule has 1 heterocycles. The van der Waals surface area contributed by atoms with E-state index in [0.717, 1.165) is 11.8 Å². The lowest BCUT2D eigenvalue weighted by Crippen LogP contribution is -2.40. The predicted octanol–water partition coefficient (Wildman–Crippen LogP) is 1.15. The normalized spacial score (nSPS) is 20.4. The third-order valence-electron chi connectivity index (χ3n) is 3.13. The monoisotopic (exact) mass is 283 g/mol.